The van der Waals surface area contributed by atoms with E-state index in [0.29, 0.717) is 31.7 Å². The topological polar surface area (TPSA) is 71.5 Å². The van der Waals surface area contributed by atoms with Crippen molar-refractivity contribution in [2.45, 2.75) is 18.3 Å². The van der Waals surface area contributed by atoms with E-state index in [4.69, 9.17) is 4.74 Å². The van der Waals surface area contributed by atoms with Crippen LogP contribution in [0, 0.1) is 5.95 Å². The van der Waals surface area contributed by atoms with Gasteiger partial charge < -0.3 is 15.0 Å². The van der Waals surface area contributed by atoms with E-state index < -0.39 is 17.3 Å². The van der Waals surface area contributed by atoms with E-state index in [1.807, 2.05) is 12.1 Å². The maximum atomic E-state index is 13.2. The first-order chi connectivity index (χ1) is 12.5. The van der Waals surface area contributed by atoms with Gasteiger partial charge in [0.25, 0.3) is 5.91 Å². The maximum absolute atomic E-state index is 13.2. The standard InChI is InChI=1S/C19H18FN3O3/c1-23-15-3-2-13(22-17(24)12-4-7-21-16(20)10-12)11-14(15)19(18(23)25)5-8-26-9-6-19/h2-4,7,10-11H,5-6,8-9H2,1H3,(H,22,24). The molecule has 3 heterocycles. The van der Waals surface area contributed by atoms with Crippen LogP contribution in [0.4, 0.5) is 15.8 Å². The second-order valence-electron chi connectivity index (χ2n) is 6.61. The first-order valence-electron chi connectivity index (χ1n) is 8.45. The highest BCUT2D eigenvalue weighted by atomic mass is 19.1. The molecule has 2 aliphatic rings. The van der Waals surface area contributed by atoms with Crippen LogP contribution in [0.3, 0.4) is 0 Å². The lowest BCUT2D eigenvalue weighted by atomic mass is 9.75. The van der Waals surface area contributed by atoms with E-state index in [2.05, 4.69) is 10.3 Å². The Morgan fingerprint density at radius 2 is 2.04 bits per heavy atom. The largest absolute Gasteiger partial charge is 0.381 e. The lowest BCUT2D eigenvalue weighted by Crippen LogP contribution is -2.42. The molecule has 1 fully saturated rings. The molecule has 2 aromatic rings. The van der Waals surface area contributed by atoms with Crippen molar-refractivity contribution < 1.29 is 18.7 Å². The number of amides is 2. The summed E-state index contributed by atoms with van der Waals surface area (Å²) in [4.78, 5) is 30.3. The number of anilines is 2. The summed E-state index contributed by atoms with van der Waals surface area (Å²) >= 11 is 0. The number of fused-ring (bicyclic) bond motifs is 2. The van der Waals surface area contributed by atoms with Crippen molar-refractivity contribution in [3.8, 4) is 0 Å². The minimum Gasteiger partial charge on any atom is -0.381 e. The minimum atomic E-state index is -0.708. The molecule has 1 spiro atoms. The van der Waals surface area contributed by atoms with Gasteiger partial charge in [-0.1, -0.05) is 0 Å². The smallest absolute Gasteiger partial charge is 0.255 e. The molecule has 1 N–H and O–H groups in total. The molecule has 7 heteroatoms. The number of rotatable bonds is 2. The third-order valence-corrected chi connectivity index (χ3v) is 5.18. The molecule has 2 amide bonds. The third kappa shape index (κ3) is 2.55. The van der Waals surface area contributed by atoms with Gasteiger partial charge in [0.15, 0.2) is 0 Å². The molecule has 0 atom stereocenters. The van der Waals surface area contributed by atoms with E-state index >= 15 is 0 Å². The van der Waals surface area contributed by atoms with Gasteiger partial charge in [-0.25, -0.2) is 4.98 Å². The lowest BCUT2D eigenvalue weighted by Gasteiger charge is -2.32. The fourth-order valence-corrected chi connectivity index (χ4v) is 3.79. The molecular formula is C19H18FN3O3. The van der Waals surface area contributed by atoms with Crippen LogP contribution < -0.4 is 10.2 Å². The van der Waals surface area contributed by atoms with Crippen LogP contribution in [-0.2, 0) is 14.9 Å². The van der Waals surface area contributed by atoms with Gasteiger partial charge in [-0.15, -0.1) is 0 Å². The molecule has 6 nitrogen and oxygen atoms in total. The van der Waals surface area contributed by atoms with Gasteiger partial charge in [-0.2, -0.15) is 4.39 Å². The fraction of sp³-hybridized carbons (Fsp3) is 0.316. The van der Waals surface area contributed by atoms with Gasteiger partial charge in [0.1, 0.15) is 0 Å². The van der Waals surface area contributed by atoms with Crippen molar-refractivity contribution in [3.63, 3.8) is 0 Å². The van der Waals surface area contributed by atoms with E-state index in [1.165, 1.54) is 12.3 Å². The van der Waals surface area contributed by atoms with Crippen LogP contribution in [0.15, 0.2) is 36.5 Å². The van der Waals surface area contributed by atoms with E-state index in [-0.39, 0.29) is 11.5 Å². The predicted octanol–water partition coefficient (Wildman–Crippen LogP) is 2.50. The predicted molar refractivity (Wildman–Crippen MR) is 93.7 cm³/mol. The quantitative estimate of drug-likeness (QED) is 0.840. The summed E-state index contributed by atoms with van der Waals surface area (Å²) in [5, 5.41) is 2.77. The monoisotopic (exact) mass is 355 g/mol. The molecule has 26 heavy (non-hydrogen) atoms. The Balaban J connectivity index is 1.67. The normalized spacial score (nSPS) is 18.1. The zero-order chi connectivity index (χ0) is 18.3. The molecular weight excluding hydrogens is 337 g/mol. The number of pyridine rings is 1. The highest BCUT2D eigenvalue weighted by Crippen LogP contribution is 2.47. The molecule has 2 aliphatic heterocycles. The van der Waals surface area contributed by atoms with Crippen molar-refractivity contribution >= 4 is 23.2 Å². The number of hydrogen-bond donors (Lipinski definition) is 1. The van der Waals surface area contributed by atoms with Crippen LogP contribution in [0.2, 0.25) is 0 Å². The van der Waals surface area contributed by atoms with Gasteiger partial charge in [-0.05, 0) is 42.7 Å². The first-order valence-corrected chi connectivity index (χ1v) is 8.45. The van der Waals surface area contributed by atoms with Gasteiger partial charge >= 0.3 is 0 Å². The highest BCUT2D eigenvalue weighted by Gasteiger charge is 2.50. The Morgan fingerprint density at radius 3 is 2.77 bits per heavy atom. The molecule has 1 aromatic heterocycles. The SMILES string of the molecule is CN1C(=O)C2(CCOCC2)c2cc(NC(=O)c3ccnc(F)c3)ccc21. The van der Waals surface area contributed by atoms with Gasteiger partial charge in [-0.3, -0.25) is 9.59 Å². The van der Waals surface area contributed by atoms with Crippen LogP contribution in [0.25, 0.3) is 0 Å². The minimum absolute atomic E-state index is 0.0653. The molecule has 4 rings (SSSR count). The Bertz CT molecular complexity index is 893. The number of nitrogens with one attached hydrogen (secondary N) is 1. The Labute approximate surface area is 150 Å². The molecule has 0 bridgehead atoms. The van der Waals surface area contributed by atoms with Crippen molar-refractivity contribution in [2.24, 2.45) is 0 Å². The van der Waals surface area contributed by atoms with E-state index in [0.717, 1.165) is 17.3 Å². The van der Waals surface area contributed by atoms with Crippen molar-refractivity contribution in [3.05, 3.63) is 53.6 Å². The van der Waals surface area contributed by atoms with Gasteiger partial charge in [0.05, 0.1) is 5.41 Å². The van der Waals surface area contributed by atoms with Crippen molar-refractivity contribution in [2.75, 3.05) is 30.5 Å². The Morgan fingerprint density at radius 1 is 1.27 bits per heavy atom. The average molecular weight is 355 g/mol. The molecule has 0 unspecified atom stereocenters. The van der Waals surface area contributed by atoms with Crippen LogP contribution in [-0.4, -0.2) is 37.1 Å². The molecule has 1 aromatic carbocycles. The number of nitrogens with zero attached hydrogens (tertiary/aromatic N) is 2. The first kappa shape index (κ1) is 16.7. The number of aromatic nitrogens is 1. The van der Waals surface area contributed by atoms with Crippen molar-refractivity contribution in [1.82, 2.24) is 4.98 Å². The van der Waals surface area contributed by atoms with Crippen molar-refractivity contribution in [1.29, 1.82) is 0 Å². The fourth-order valence-electron chi connectivity index (χ4n) is 3.79. The third-order valence-electron chi connectivity index (χ3n) is 5.18. The Hall–Kier alpha value is -2.80. The number of likely N-dealkylation sites (N-methyl/N-ethyl adjacent to an activating group) is 1. The second-order valence-corrected chi connectivity index (χ2v) is 6.61. The average Bonchev–Trinajstić information content (AvgIpc) is 2.85. The molecule has 0 aliphatic carbocycles. The molecule has 0 radical (unpaired) electrons. The summed E-state index contributed by atoms with van der Waals surface area (Å²) in [5.41, 5.74) is 1.93. The van der Waals surface area contributed by atoms with Crippen LogP contribution in [0.5, 0.6) is 0 Å². The molecule has 134 valence electrons. The summed E-state index contributed by atoms with van der Waals surface area (Å²) in [6.07, 6.45) is 2.49. The van der Waals surface area contributed by atoms with Crippen LogP contribution >= 0.6 is 0 Å². The van der Waals surface area contributed by atoms with Crippen LogP contribution in [0.1, 0.15) is 28.8 Å². The summed E-state index contributed by atoms with van der Waals surface area (Å²) in [6.45, 7) is 1.07. The number of halogens is 1. The maximum Gasteiger partial charge on any atom is 0.255 e. The number of hydrogen-bond acceptors (Lipinski definition) is 4. The van der Waals surface area contributed by atoms with E-state index in [1.54, 1.807) is 18.0 Å². The zero-order valence-electron chi connectivity index (χ0n) is 14.3. The zero-order valence-corrected chi connectivity index (χ0v) is 14.3. The summed E-state index contributed by atoms with van der Waals surface area (Å²) in [5.74, 6) is -1.07. The van der Waals surface area contributed by atoms with Gasteiger partial charge in [0, 0.05) is 49.5 Å². The van der Waals surface area contributed by atoms with E-state index in [9.17, 15) is 14.0 Å². The highest BCUT2D eigenvalue weighted by molar-refractivity contribution is 6.09. The molecule has 1 saturated heterocycles. The lowest BCUT2D eigenvalue weighted by molar-refractivity contribution is -0.126. The summed E-state index contributed by atoms with van der Waals surface area (Å²) in [6, 6.07) is 7.96. The second kappa shape index (κ2) is 6.17. The van der Waals surface area contributed by atoms with Gasteiger partial charge in [0.2, 0.25) is 11.9 Å². The summed E-state index contributed by atoms with van der Waals surface area (Å²) < 4.78 is 18.7. The number of benzene rings is 1. The molecule has 0 saturated carbocycles. The summed E-state index contributed by atoms with van der Waals surface area (Å²) in [7, 11) is 1.77. The number of ether oxygens (including phenoxy) is 1. The number of carbonyl (C=O) groups is 2. The Kier molecular flexibility index (Phi) is 3.96. The number of carbonyl (C=O) groups excluding carboxylic acids is 2.